The van der Waals surface area contributed by atoms with Crippen molar-refractivity contribution < 1.29 is 13.2 Å². The van der Waals surface area contributed by atoms with Crippen LogP contribution in [0.1, 0.15) is 20.3 Å². The van der Waals surface area contributed by atoms with E-state index >= 15 is 0 Å². The number of hydrogen-bond donors (Lipinski definition) is 1. The summed E-state index contributed by atoms with van der Waals surface area (Å²) < 4.78 is 34.1. The first-order chi connectivity index (χ1) is 8.95. The van der Waals surface area contributed by atoms with Gasteiger partial charge in [0, 0.05) is 13.1 Å². The largest absolute Gasteiger partial charge is 0.382 e. The standard InChI is InChI=1S/C11H19N3O3S2/c1-3-6-19(15,16)9-10(12)13-18-11(9)14-4-5-17-8(2)7-14/h8H,3-7H2,1-2H3,(H2,12,13). The molecule has 8 heteroatoms. The first-order valence-corrected chi connectivity index (χ1v) is 8.72. The first-order valence-electron chi connectivity index (χ1n) is 6.30. The molecule has 1 aliphatic heterocycles. The van der Waals surface area contributed by atoms with Gasteiger partial charge in [-0.3, -0.25) is 0 Å². The number of rotatable bonds is 4. The molecule has 0 radical (unpaired) electrons. The van der Waals surface area contributed by atoms with Gasteiger partial charge < -0.3 is 15.4 Å². The van der Waals surface area contributed by atoms with Crippen molar-refractivity contribution in [2.75, 3.05) is 36.1 Å². The van der Waals surface area contributed by atoms with Crippen molar-refractivity contribution in [1.82, 2.24) is 4.37 Å². The van der Waals surface area contributed by atoms with Crippen LogP contribution >= 0.6 is 11.5 Å². The Morgan fingerprint density at radius 2 is 2.32 bits per heavy atom. The maximum atomic E-state index is 12.3. The van der Waals surface area contributed by atoms with Crippen molar-refractivity contribution in [1.29, 1.82) is 0 Å². The molecule has 0 amide bonds. The molecular weight excluding hydrogens is 286 g/mol. The lowest BCUT2D eigenvalue weighted by atomic mass is 10.3. The van der Waals surface area contributed by atoms with Crippen LogP contribution in [0.5, 0.6) is 0 Å². The molecule has 108 valence electrons. The minimum Gasteiger partial charge on any atom is -0.382 e. The summed E-state index contributed by atoms with van der Waals surface area (Å²) in [5, 5.41) is 0.654. The molecule has 0 aromatic carbocycles. The summed E-state index contributed by atoms with van der Waals surface area (Å²) in [6, 6.07) is 0. The summed E-state index contributed by atoms with van der Waals surface area (Å²) in [6.07, 6.45) is 0.648. The third-order valence-electron chi connectivity index (χ3n) is 2.97. The van der Waals surface area contributed by atoms with E-state index in [-0.39, 0.29) is 22.6 Å². The van der Waals surface area contributed by atoms with Crippen LogP contribution in [0.2, 0.25) is 0 Å². The summed E-state index contributed by atoms with van der Waals surface area (Å²) in [7, 11) is -3.35. The van der Waals surface area contributed by atoms with Crippen LogP contribution in [0.3, 0.4) is 0 Å². The topological polar surface area (TPSA) is 85.5 Å². The Morgan fingerprint density at radius 1 is 1.58 bits per heavy atom. The Bertz CT molecular complexity index is 541. The molecule has 6 nitrogen and oxygen atoms in total. The van der Waals surface area contributed by atoms with E-state index in [1.165, 1.54) is 0 Å². The van der Waals surface area contributed by atoms with Crippen molar-refractivity contribution >= 4 is 32.2 Å². The quantitative estimate of drug-likeness (QED) is 0.897. The summed E-state index contributed by atoms with van der Waals surface area (Å²) in [5.41, 5.74) is 5.76. The molecule has 2 heterocycles. The third-order valence-corrected chi connectivity index (χ3v) is 5.99. The lowest BCUT2D eigenvalue weighted by Gasteiger charge is -2.32. The van der Waals surface area contributed by atoms with E-state index in [4.69, 9.17) is 10.5 Å². The van der Waals surface area contributed by atoms with Crippen LogP contribution in [0.25, 0.3) is 0 Å². The molecule has 2 N–H and O–H groups in total. The number of anilines is 2. The zero-order chi connectivity index (χ0) is 14.0. The molecule has 0 bridgehead atoms. The third kappa shape index (κ3) is 3.01. The van der Waals surface area contributed by atoms with E-state index in [2.05, 4.69) is 4.37 Å². The SMILES string of the molecule is CCCS(=O)(=O)c1c(N)nsc1N1CCOC(C)C1. The van der Waals surface area contributed by atoms with Crippen molar-refractivity contribution in [3.63, 3.8) is 0 Å². The maximum absolute atomic E-state index is 12.3. The van der Waals surface area contributed by atoms with Crippen molar-refractivity contribution in [3.05, 3.63) is 0 Å². The molecule has 1 aromatic heterocycles. The molecule has 19 heavy (non-hydrogen) atoms. The Morgan fingerprint density at radius 3 is 2.95 bits per heavy atom. The van der Waals surface area contributed by atoms with E-state index in [0.717, 1.165) is 11.5 Å². The van der Waals surface area contributed by atoms with Crippen LogP contribution in [0, 0.1) is 0 Å². The fourth-order valence-corrected chi connectivity index (χ4v) is 4.95. The summed E-state index contributed by atoms with van der Waals surface area (Å²) in [4.78, 5) is 2.21. The minimum atomic E-state index is -3.35. The molecular formula is C11H19N3O3S2. The number of nitrogens with two attached hydrogens (primary N) is 1. The molecule has 1 atom stereocenters. The van der Waals surface area contributed by atoms with Crippen molar-refractivity contribution in [2.24, 2.45) is 0 Å². The Labute approximate surface area is 117 Å². The Balaban J connectivity index is 2.37. The van der Waals surface area contributed by atoms with E-state index < -0.39 is 9.84 Å². The van der Waals surface area contributed by atoms with Gasteiger partial charge in [-0.1, -0.05) is 6.92 Å². The second-order valence-corrected chi connectivity index (χ2v) is 7.45. The van der Waals surface area contributed by atoms with E-state index in [1.54, 1.807) is 0 Å². The average Bonchev–Trinajstić information content (AvgIpc) is 2.72. The van der Waals surface area contributed by atoms with Gasteiger partial charge in [0.2, 0.25) is 0 Å². The van der Waals surface area contributed by atoms with Gasteiger partial charge in [-0.2, -0.15) is 4.37 Å². The van der Waals surface area contributed by atoms with Gasteiger partial charge in [-0.25, -0.2) is 8.42 Å². The molecule has 2 rings (SSSR count). The molecule has 1 unspecified atom stereocenters. The van der Waals surface area contributed by atoms with Gasteiger partial charge in [0.05, 0.1) is 18.5 Å². The fourth-order valence-electron chi connectivity index (χ4n) is 2.15. The number of nitrogens with zero attached hydrogens (tertiary/aromatic N) is 2. The van der Waals surface area contributed by atoms with Crippen LogP contribution < -0.4 is 10.6 Å². The average molecular weight is 305 g/mol. The van der Waals surface area contributed by atoms with Gasteiger partial charge in [0.1, 0.15) is 9.90 Å². The van der Waals surface area contributed by atoms with E-state index in [1.807, 2.05) is 18.7 Å². The molecule has 1 fully saturated rings. The lowest BCUT2D eigenvalue weighted by Crippen LogP contribution is -2.41. The maximum Gasteiger partial charge on any atom is 0.185 e. The van der Waals surface area contributed by atoms with E-state index in [0.29, 0.717) is 31.1 Å². The van der Waals surface area contributed by atoms with Gasteiger partial charge in [0.25, 0.3) is 0 Å². The monoisotopic (exact) mass is 305 g/mol. The number of hydrogen-bond acceptors (Lipinski definition) is 7. The normalized spacial score (nSPS) is 20.7. The smallest absolute Gasteiger partial charge is 0.185 e. The first kappa shape index (κ1) is 14.5. The highest BCUT2D eigenvalue weighted by Crippen LogP contribution is 2.36. The predicted octanol–water partition coefficient (Wildman–Crippen LogP) is 1.13. The molecule has 1 aliphatic rings. The number of sulfone groups is 1. The zero-order valence-corrected chi connectivity index (χ0v) is 12.8. The number of morpholine rings is 1. The van der Waals surface area contributed by atoms with Crippen LogP contribution in [0.4, 0.5) is 10.8 Å². The fraction of sp³-hybridized carbons (Fsp3) is 0.727. The van der Waals surface area contributed by atoms with Gasteiger partial charge in [-0.15, -0.1) is 0 Å². The zero-order valence-electron chi connectivity index (χ0n) is 11.1. The van der Waals surface area contributed by atoms with Gasteiger partial charge in [0.15, 0.2) is 15.7 Å². The molecule has 0 spiro atoms. The van der Waals surface area contributed by atoms with Crippen molar-refractivity contribution in [3.8, 4) is 0 Å². The van der Waals surface area contributed by atoms with Gasteiger partial charge in [-0.05, 0) is 24.9 Å². The Kier molecular flexibility index (Phi) is 4.32. The molecule has 0 aliphatic carbocycles. The van der Waals surface area contributed by atoms with Crippen molar-refractivity contribution in [2.45, 2.75) is 31.3 Å². The van der Waals surface area contributed by atoms with Gasteiger partial charge >= 0.3 is 0 Å². The molecule has 1 saturated heterocycles. The highest BCUT2D eigenvalue weighted by atomic mass is 32.2. The lowest BCUT2D eigenvalue weighted by molar-refractivity contribution is 0.0533. The summed E-state index contributed by atoms with van der Waals surface area (Å²) in [5.74, 6) is 0.218. The van der Waals surface area contributed by atoms with Crippen LogP contribution in [0.15, 0.2) is 4.90 Å². The summed E-state index contributed by atoms with van der Waals surface area (Å²) >= 11 is 1.15. The number of aromatic nitrogens is 1. The number of ether oxygens (including phenoxy) is 1. The Hall–Kier alpha value is -0.860. The van der Waals surface area contributed by atoms with E-state index in [9.17, 15) is 8.42 Å². The highest BCUT2D eigenvalue weighted by Gasteiger charge is 2.29. The molecule has 1 aromatic rings. The number of nitrogen functional groups attached to an aromatic ring is 1. The van der Waals surface area contributed by atoms with Crippen LogP contribution in [-0.2, 0) is 14.6 Å². The molecule has 0 saturated carbocycles. The highest BCUT2D eigenvalue weighted by molar-refractivity contribution is 7.91. The predicted molar refractivity (Wildman–Crippen MR) is 76.5 cm³/mol. The summed E-state index contributed by atoms with van der Waals surface area (Å²) in [6.45, 7) is 5.73. The second kappa shape index (κ2) is 5.64. The minimum absolute atomic E-state index is 0.0822. The van der Waals surface area contributed by atoms with Crippen LogP contribution in [-0.4, -0.2) is 44.3 Å². The second-order valence-electron chi connectivity index (χ2n) is 4.65.